The van der Waals surface area contributed by atoms with Gasteiger partial charge in [0.25, 0.3) is 0 Å². The fraction of sp³-hybridized carbons (Fsp3) is 0.182. The molecule has 0 saturated heterocycles. The summed E-state index contributed by atoms with van der Waals surface area (Å²) in [5, 5.41) is 0. The van der Waals surface area contributed by atoms with E-state index in [2.05, 4.69) is 0 Å². The van der Waals surface area contributed by atoms with Gasteiger partial charge in [-0.3, -0.25) is 4.79 Å². The molecule has 0 aromatic heterocycles. The molecule has 0 radical (unpaired) electrons. The summed E-state index contributed by atoms with van der Waals surface area (Å²) in [5.74, 6) is -1.24. The van der Waals surface area contributed by atoms with Gasteiger partial charge in [-0.1, -0.05) is 0 Å². The molecule has 0 amide bonds. The summed E-state index contributed by atoms with van der Waals surface area (Å²) in [5.41, 5.74) is 0. The number of carbonyl (C=O) groups excluding carboxylic acids is 1. The molecule has 3 nitrogen and oxygen atoms in total. The molecule has 1 heterocycles. The first kappa shape index (κ1) is 9.71. The Kier molecular flexibility index (Phi) is 2.41. The molecule has 78 valence electrons. The van der Waals surface area contributed by atoms with Gasteiger partial charge in [-0.05, 0) is 30.3 Å². The standard InChI is InChI=1S/C11H9FO3/c12-9-2-4-10(5-3-9)15-11(8-13)6-1-7-14-11/h1-5,7-8H,6H2. The molecule has 1 aliphatic rings. The predicted octanol–water partition coefficient (Wildman–Crippen LogP) is 2.03. The van der Waals surface area contributed by atoms with E-state index in [1.165, 1.54) is 30.5 Å². The highest BCUT2D eigenvalue weighted by atomic mass is 19.1. The molecule has 1 aromatic carbocycles. The molecule has 0 fully saturated rings. The number of rotatable bonds is 3. The highest BCUT2D eigenvalue weighted by Crippen LogP contribution is 2.25. The average molecular weight is 208 g/mol. The summed E-state index contributed by atoms with van der Waals surface area (Å²) < 4.78 is 23.0. The zero-order valence-corrected chi connectivity index (χ0v) is 7.85. The van der Waals surface area contributed by atoms with E-state index < -0.39 is 5.79 Å². The second kappa shape index (κ2) is 3.73. The third-order valence-electron chi connectivity index (χ3n) is 2.05. The number of halogens is 1. The van der Waals surface area contributed by atoms with Gasteiger partial charge >= 0.3 is 5.79 Å². The van der Waals surface area contributed by atoms with Crippen molar-refractivity contribution in [3.05, 3.63) is 42.4 Å². The van der Waals surface area contributed by atoms with Crippen LogP contribution in [0.15, 0.2) is 36.6 Å². The highest BCUT2D eigenvalue weighted by molar-refractivity contribution is 5.62. The van der Waals surface area contributed by atoms with E-state index in [1.54, 1.807) is 6.08 Å². The quantitative estimate of drug-likeness (QED) is 0.713. The molecular formula is C11H9FO3. The lowest BCUT2D eigenvalue weighted by atomic mass is 10.2. The summed E-state index contributed by atoms with van der Waals surface area (Å²) in [6.45, 7) is 0. The van der Waals surface area contributed by atoms with Crippen molar-refractivity contribution < 1.29 is 18.7 Å². The lowest BCUT2D eigenvalue weighted by Gasteiger charge is -2.23. The maximum Gasteiger partial charge on any atom is 0.311 e. The maximum atomic E-state index is 12.6. The molecule has 0 saturated carbocycles. The van der Waals surface area contributed by atoms with Gasteiger partial charge in [0.1, 0.15) is 11.6 Å². The van der Waals surface area contributed by atoms with E-state index in [-0.39, 0.29) is 5.82 Å². The molecule has 15 heavy (non-hydrogen) atoms. The van der Waals surface area contributed by atoms with Crippen LogP contribution in [-0.4, -0.2) is 12.1 Å². The lowest BCUT2D eigenvalue weighted by Crippen LogP contribution is -2.36. The number of hydrogen-bond acceptors (Lipinski definition) is 3. The molecule has 0 bridgehead atoms. The molecule has 1 atom stereocenters. The Balaban J connectivity index is 2.13. The number of ether oxygens (including phenoxy) is 2. The van der Waals surface area contributed by atoms with Crippen molar-refractivity contribution in [1.29, 1.82) is 0 Å². The summed E-state index contributed by atoms with van der Waals surface area (Å²) in [6, 6.07) is 5.41. The van der Waals surface area contributed by atoms with Crippen LogP contribution in [0.2, 0.25) is 0 Å². The van der Waals surface area contributed by atoms with E-state index >= 15 is 0 Å². The second-order valence-corrected chi connectivity index (χ2v) is 3.18. The monoisotopic (exact) mass is 208 g/mol. The second-order valence-electron chi connectivity index (χ2n) is 3.18. The molecule has 1 aliphatic heterocycles. The Morgan fingerprint density at radius 2 is 2.13 bits per heavy atom. The van der Waals surface area contributed by atoms with Gasteiger partial charge in [0.05, 0.1) is 12.7 Å². The summed E-state index contributed by atoms with van der Waals surface area (Å²) in [4.78, 5) is 10.8. The molecule has 0 N–H and O–H groups in total. The van der Waals surface area contributed by atoms with E-state index in [9.17, 15) is 9.18 Å². The van der Waals surface area contributed by atoms with Crippen LogP contribution in [0.4, 0.5) is 4.39 Å². The SMILES string of the molecule is O=CC1(Oc2ccc(F)cc2)CC=CO1. The van der Waals surface area contributed by atoms with Crippen LogP contribution in [0, 0.1) is 5.82 Å². The van der Waals surface area contributed by atoms with Gasteiger partial charge in [-0.25, -0.2) is 4.39 Å². The Labute approximate surface area is 86.1 Å². The molecular weight excluding hydrogens is 199 g/mol. The Morgan fingerprint density at radius 1 is 1.40 bits per heavy atom. The third kappa shape index (κ3) is 1.98. The van der Waals surface area contributed by atoms with Crippen molar-refractivity contribution in [2.45, 2.75) is 12.2 Å². The van der Waals surface area contributed by atoms with E-state index in [4.69, 9.17) is 9.47 Å². The number of aldehydes is 1. The predicted molar refractivity (Wildman–Crippen MR) is 50.7 cm³/mol. The fourth-order valence-electron chi connectivity index (χ4n) is 1.29. The zero-order chi connectivity index (χ0) is 10.7. The highest BCUT2D eigenvalue weighted by Gasteiger charge is 2.35. The van der Waals surface area contributed by atoms with Crippen LogP contribution in [0.25, 0.3) is 0 Å². The zero-order valence-electron chi connectivity index (χ0n) is 7.85. The first-order valence-corrected chi connectivity index (χ1v) is 4.48. The Morgan fingerprint density at radius 3 is 2.67 bits per heavy atom. The van der Waals surface area contributed by atoms with E-state index in [1.807, 2.05) is 0 Å². The minimum Gasteiger partial charge on any atom is -0.454 e. The fourth-order valence-corrected chi connectivity index (χ4v) is 1.29. The summed E-state index contributed by atoms with van der Waals surface area (Å²) in [7, 11) is 0. The average Bonchev–Trinajstić information content (AvgIpc) is 2.71. The van der Waals surface area contributed by atoms with Crippen LogP contribution in [0.5, 0.6) is 5.75 Å². The van der Waals surface area contributed by atoms with Crippen LogP contribution in [0.3, 0.4) is 0 Å². The molecule has 0 aliphatic carbocycles. The van der Waals surface area contributed by atoms with Crippen molar-refractivity contribution >= 4 is 6.29 Å². The van der Waals surface area contributed by atoms with Gasteiger partial charge in [0.2, 0.25) is 6.29 Å². The number of hydrogen-bond donors (Lipinski definition) is 0. The normalized spacial score (nSPS) is 23.5. The van der Waals surface area contributed by atoms with Gasteiger partial charge in [-0.15, -0.1) is 0 Å². The number of benzene rings is 1. The topological polar surface area (TPSA) is 35.5 Å². The van der Waals surface area contributed by atoms with Crippen molar-refractivity contribution in [2.24, 2.45) is 0 Å². The Hall–Kier alpha value is -1.84. The molecule has 1 aromatic rings. The van der Waals surface area contributed by atoms with Crippen molar-refractivity contribution in [2.75, 3.05) is 0 Å². The van der Waals surface area contributed by atoms with Crippen LogP contribution < -0.4 is 4.74 Å². The van der Waals surface area contributed by atoms with Gasteiger partial charge in [-0.2, -0.15) is 0 Å². The number of carbonyl (C=O) groups is 1. The largest absolute Gasteiger partial charge is 0.454 e. The first-order valence-electron chi connectivity index (χ1n) is 4.48. The molecule has 0 spiro atoms. The van der Waals surface area contributed by atoms with Crippen molar-refractivity contribution in [3.8, 4) is 5.75 Å². The first-order chi connectivity index (χ1) is 7.24. The summed E-state index contributed by atoms with van der Waals surface area (Å²) in [6.07, 6.45) is 4.06. The van der Waals surface area contributed by atoms with Crippen molar-refractivity contribution in [1.82, 2.24) is 0 Å². The van der Waals surface area contributed by atoms with Gasteiger partial charge in [0, 0.05) is 0 Å². The van der Waals surface area contributed by atoms with Gasteiger partial charge < -0.3 is 9.47 Å². The minimum absolute atomic E-state index is 0.354. The van der Waals surface area contributed by atoms with Crippen LogP contribution in [0.1, 0.15) is 6.42 Å². The molecule has 4 heteroatoms. The van der Waals surface area contributed by atoms with Gasteiger partial charge in [0.15, 0.2) is 0 Å². The molecule has 2 rings (SSSR count). The van der Waals surface area contributed by atoms with E-state index in [0.717, 1.165) is 0 Å². The minimum atomic E-state index is -1.28. The third-order valence-corrected chi connectivity index (χ3v) is 2.05. The van der Waals surface area contributed by atoms with Crippen LogP contribution >= 0.6 is 0 Å². The van der Waals surface area contributed by atoms with Crippen molar-refractivity contribution in [3.63, 3.8) is 0 Å². The van der Waals surface area contributed by atoms with E-state index in [0.29, 0.717) is 18.5 Å². The smallest absolute Gasteiger partial charge is 0.311 e. The summed E-state index contributed by atoms with van der Waals surface area (Å²) >= 11 is 0. The Bertz CT molecular complexity index is 375. The maximum absolute atomic E-state index is 12.6. The molecule has 1 unspecified atom stereocenters. The lowest BCUT2D eigenvalue weighted by molar-refractivity contribution is -0.154. The van der Waals surface area contributed by atoms with Crippen LogP contribution in [-0.2, 0) is 9.53 Å².